The first-order valence-corrected chi connectivity index (χ1v) is 15.1. The van der Waals surface area contributed by atoms with Gasteiger partial charge >= 0.3 is 0 Å². The molecule has 0 unspecified atom stereocenters. The summed E-state index contributed by atoms with van der Waals surface area (Å²) in [6.45, 7) is 2.57. The molecule has 0 aromatic heterocycles. The normalized spacial score (nSPS) is 16.4. The molecule has 41 heavy (non-hydrogen) atoms. The molecule has 0 saturated carbocycles. The highest BCUT2D eigenvalue weighted by atomic mass is 19.1. The Labute approximate surface area is 242 Å². The van der Waals surface area contributed by atoms with Crippen molar-refractivity contribution in [3.05, 3.63) is 81.2 Å². The number of aliphatic hydroxyl groups is 1. The number of amides is 1. The zero-order valence-electron chi connectivity index (χ0n) is 24.2. The third kappa shape index (κ3) is 9.23. The Balaban J connectivity index is 1.56. The number of ketones is 1. The van der Waals surface area contributed by atoms with Gasteiger partial charge in [-0.15, -0.1) is 0 Å². The standard InChI is InChI=1S/C33H43FN2O5/c1-2-3-4-5-6-7-8-9-10-11-12-13-14-15-24-35-30(25-16-20-27(34)21-17-25)29(32(38)33(35)39)31(37)26-18-22-28(23-19-26)36(40)41/h16-23,30,37H,2-15,24H2,1H3/b31-29+/t30-/m1/s1. The Morgan fingerprint density at radius 1 is 0.805 bits per heavy atom. The Hall–Kier alpha value is -3.55. The summed E-state index contributed by atoms with van der Waals surface area (Å²) in [6.07, 6.45) is 16.9. The first-order chi connectivity index (χ1) is 19.8. The number of hydrogen-bond acceptors (Lipinski definition) is 5. The smallest absolute Gasteiger partial charge is 0.295 e. The van der Waals surface area contributed by atoms with Crippen LogP contribution in [-0.2, 0) is 9.59 Å². The van der Waals surface area contributed by atoms with Crippen LogP contribution in [0.1, 0.15) is 114 Å². The van der Waals surface area contributed by atoms with Crippen molar-refractivity contribution >= 4 is 23.1 Å². The maximum Gasteiger partial charge on any atom is 0.295 e. The van der Waals surface area contributed by atoms with Crippen LogP contribution in [0.25, 0.3) is 5.76 Å². The van der Waals surface area contributed by atoms with Crippen molar-refractivity contribution in [2.45, 2.75) is 103 Å². The average Bonchev–Trinajstić information content (AvgIpc) is 3.22. The van der Waals surface area contributed by atoms with Crippen molar-refractivity contribution in [2.24, 2.45) is 0 Å². The predicted octanol–water partition coefficient (Wildman–Crippen LogP) is 8.64. The summed E-state index contributed by atoms with van der Waals surface area (Å²) < 4.78 is 13.7. The molecule has 0 radical (unpaired) electrons. The fourth-order valence-corrected chi connectivity index (χ4v) is 5.48. The summed E-state index contributed by atoms with van der Waals surface area (Å²) in [5.41, 5.74) is 0.451. The fourth-order valence-electron chi connectivity index (χ4n) is 5.48. The van der Waals surface area contributed by atoms with Crippen LogP contribution in [0.5, 0.6) is 0 Å². The molecule has 1 atom stereocenters. The first-order valence-electron chi connectivity index (χ1n) is 15.1. The van der Waals surface area contributed by atoms with Crippen LogP contribution < -0.4 is 0 Å². The molecule has 0 spiro atoms. The third-order valence-electron chi connectivity index (χ3n) is 7.83. The monoisotopic (exact) mass is 566 g/mol. The summed E-state index contributed by atoms with van der Waals surface area (Å²) >= 11 is 0. The second-order valence-electron chi connectivity index (χ2n) is 10.9. The SMILES string of the molecule is CCCCCCCCCCCCCCCCN1C(=O)C(=O)/C(=C(/O)c2ccc([N+](=O)[O-])cc2)[C@H]1c1ccc(F)cc1. The lowest BCUT2D eigenvalue weighted by Crippen LogP contribution is -2.30. The van der Waals surface area contributed by atoms with Crippen LogP contribution >= 0.6 is 0 Å². The molecule has 2 aromatic carbocycles. The molecule has 2 aromatic rings. The molecule has 1 aliphatic rings. The van der Waals surface area contributed by atoms with E-state index in [1.807, 2.05) is 0 Å². The van der Waals surface area contributed by atoms with Crippen molar-refractivity contribution in [1.29, 1.82) is 0 Å². The van der Waals surface area contributed by atoms with Gasteiger partial charge in [0, 0.05) is 24.2 Å². The van der Waals surface area contributed by atoms with Gasteiger partial charge in [-0.1, -0.05) is 103 Å². The van der Waals surface area contributed by atoms with E-state index in [1.54, 1.807) is 0 Å². The number of Topliss-reactive ketones (excluding diaryl/α,β-unsaturated/α-hetero) is 1. The number of carbonyl (C=O) groups excluding carboxylic acids is 2. The first kappa shape index (κ1) is 32.0. The van der Waals surface area contributed by atoms with Gasteiger partial charge < -0.3 is 10.0 Å². The van der Waals surface area contributed by atoms with Crippen LogP contribution in [0.3, 0.4) is 0 Å². The number of hydrogen-bond donors (Lipinski definition) is 1. The van der Waals surface area contributed by atoms with Crippen molar-refractivity contribution in [2.75, 3.05) is 6.54 Å². The molecule has 0 bridgehead atoms. The summed E-state index contributed by atoms with van der Waals surface area (Å²) in [5, 5.41) is 22.1. The number of non-ortho nitro benzene ring substituents is 1. The molecule has 1 N–H and O–H groups in total. The minimum atomic E-state index is -0.868. The number of halogens is 1. The molecule has 7 nitrogen and oxygen atoms in total. The number of carbonyl (C=O) groups is 2. The summed E-state index contributed by atoms with van der Waals surface area (Å²) in [6, 6.07) is 9.81. The Morgan fingerprint density at radius 2 is 1.29 bits per heavy atom. The van der Waals surface area contributed by atoms with Gasteiger partial charge in [-0.2, -0.15) is 0 Å². The Morgan fingerprint density at radius 3 is 1.78 bits per heavy atom. The lowest BCUT2D eigenvalue weighted by Gasteiger charge is -2.25. The summed E-state index contributed by atoms with van der Waals surface area (Å²) in [5.74, 6) is -2.39. The van der Waals surface area contributed by atoms with Crippen molar-refractivity contribution in [3.63, 3.8) is 0 Å². The van der Waals surface area contributed by atoms with Gasteiger partial charge in [0.25, 0.3) is 17.4 Å². The second-order valence-corrected chi connectivity index (χ2v) is 10.9. The van der Waals surface area contributed by atoms with E-state index in [-0.39, 0.29) is 16.8 Å². The van der Waals surface area contributed by atoms with E-state index in [0.29, 0.717) is 18.5 Å². The van der Waals surface area contributed by atoms with E-state index < -0.39 is 34.2 Å². The van der Waals surface area contributed by atoms with Crippen LogP contribution in [0.2, 0.25) is 0 Å². The highest BCUT2D eigenvalue weighted by molar-refractivity contribution is 6.46. The van der Waals surface area contributed by atoms with Gasteiger partial charge in [0.15, 0.2) is 0 Å². The summed E-state index contributed by atoms with van der Waals surface area (Å²) in [7, 11) is 0. The van der Waals surface area contributed by atoms with E-state index in [0.717, 1.165) is 19.3 Å². The zero-order chi connectivity index (χ0) is 29.6. The maximum absolute atomic E-state index is 13.7. The second kappa shape index (κ2) is 16.7. The van der Waals surface area contributed by atoms with Gasteiger partial charge in [0.05, 0.1) is 16.5 Å². The van der Waals surface area contributed by atoms with Gasteiger partial charge in [0.1, 0.15) is 11.6 Å². The van der Waals surface area contributed by atoms with E-state index in [4.69, 9.17) is 0 Å². The predicted molar refractivity (Wildman–Crippen MR) is 159 cm³/mol. The van der Waals surface area contributed by atoms with Crippen LogP contribution in [0.4, 0.5) is 10.1 Å². The van der Waals surface area contributed by atoms with Gasteiger partial charge in [-0.3, -0.25) is 19.7 Å². The minimum absolute atomic E-state index is 0.0965. The van der Waals surface area contributed by atoms with E-state index in [9.17, 15) is 29.2 Å². The largest absolute Gasteiger partial charge is 0.507 e. The summed E-state index contributed by atoms with van der Waals surface area (Å²) in [4.78, 5) is 38.1. The van der Waals surface area contributed by atoms with Crippen molar-refractivity contribution in [1.82, 2.24) is 4.90 Å². The lowest BCUT2D eigenvalue weighted by atomic mass is 9.95. The Bertz CT molecular complexity index is 1180. The topological polar surface area (TPSA) is 101 Å². The Kier molecular flexibility index (Phi) is 13.0. The average molecular weight is 567 g/mol. The lowest BCUT2D eigenvalue weighted by molar-refractivity contribution is -0.384. The van der Waals surface area contributed by atoms with Crippen LogP contribution in [0.15, 0.2) is 54.1 Å². The van der Waals surface area contributed by atoms with E-state index in [2.05, 4.69) is 6.92 Å². The molecular weight excluding hydrogens is 523 g/mol. The molecular formula is C33H43FN2O5. The molecule has 1 aliphatic heterocycles. The number of rotatable bonds is 18. The van der Waals surface area contributed by atoms with Crippen molar-refractivity contribution < 1.29 is 24.0 Å². The zero-order valence-corrected chi connectivity index (χ0v) is 24.2. The number of benzene rings is 2. The van der Waals surface area contributed by atoms with Crippen LogP contribution in [-0.4, -0.2) is 33.2 Å². The number of aliphatic hydroxyl groups excluding tert-OH is 1. The quantitative estimate of drug-likeness (QED) is 0.0486. The van der Waals surface area contributed by atoms with Gasteiger partial charge in [-0.25, -0.2) is 4.39 Å². The maximum atomic E-state index is 13.7. The molecule has 1 amide bonds. The molecule has 1 saturated heterocycles. The molecule has 0 aliphatic carbocycles. The van der Waals surface area contributed by atoms with Crippen LogP contribution in [0, 0.1) is 15.9 Å². The molecule has 8 heteroatoms. The van der Waals surface area contributed by atoms with Gasteiger partial charge in [0.2, 0.25) is 0 Å². The molecule has 222 valence electrons. The minimum Gasteiger partial charge on any atom is -0.507 e. The highest BCUT2D eigenvalue weighted by Gasteiger charge is 2.45. The number of nitro groups is 1. The van der Waals surface area contributed by atoms with Gasteiger partial charge in [-0.05, 0) is 36.2 Å². The van der Waals surface area contributed by atoms with E-state index in [1.165, 1.54) is 118 Å². The number of unbranched alkanes of at least 4 members (excludes halogenated alkanes) is 13. The third-order valence-corrected chi connectivity index (χ3v) is 7.83. The van der Waals surface area contributed by atoms with Crippen molar-refractivity contribution in [3.8, 4) is 0 Å². The number of nitrogens with zero attached hydrogens (tertiary/aromatic N) is 2. The van der Waals surface area contributed by atoms with E-state index >= 15 is 0 Å². The number of nitro benzene ring substituents is 1. The fraction of sp³-hybridized carbons (Fsp3) is 0.515. The molecule has 1 fully saturated rings. The number of likely N-dealkylation sites (tertiary alicyclic amines) is 1. The molecule has 1 heterocycles. The highest BCUT2D eigenvalue weighted by Crippen LogP contribution is 2.39. The molecule has 3 rings (SSSR count).